The fourth-order valence-corrected chi connectivity index (χ4v) is 8.13. The molecule has 0 N–H and O–H groups in total. The molecule has 128 valence electrons. The molecule has 0 radical (unpaired) electrons. The maximum atomic E-state index is 2.61. The van der Waals surface area contributed by atoms with Crippen LogP contribution in [0.5, 0.6) is 0 Å². The van der Waals surface area contributed by atoms with E-state index in [1.54, 1.807) is 5.57 Å². The first-order chi connectivity index (χ1) is 12.9. The zero-order valence-corrected chi connectivity index (χ0v) is 15.7. The molecule has 0 heterocycles. The van der Waals surface area contributed by atoms with Gasteiger partial charge in [0, 0.05) is 5.66 Å². The molecule has 0 nitrogen and oxygen atoms in total. The van der Waals surface area contributed by atoms with E-state index in [4.69, 9.17) is 0 Å². The number of benzene rings is 3. The molecule has 3 aromatic rings. The zero-order valence-electron chi connectivity index (χ0n) is 14.8. The summed E-state index contributed by atoms with van der Waals surface area (Å²) in [6, 6.07) is 33.5. The first kappa shape index (κ1) is 16.0. The molecule has 1 saturated carbocycles. The molecular weight excluding hydrogens is 331 g/mol. The van der Waals surface area contributed by atoms with Gasteiger partial charge in [-0.05, 0) is 54.3 Å². The topological polar surface area (TPSA) is 0 Å². The highest BCUT2D eigenvalue weighted by Gasteiger charge is 2.47. The van der Waals surface area contributed by atoms with Crippen LogP contribution in [0.1, 0.15) is 18.4 Å². The Labute approximate surface area is 157 Å². The van der Waals surface area contributed by atoms with Crippen molar-refractivity contribution in [1.29, 1.82) is 0 Å². The van der Waals surface area contributed by atoms with Crippen LogP contribution >= 0.6 is 7.92 Å². The molecule has 3 atom stereocenters. The van der Waals surface area contributed by atoms with E-state index in [2.05, 4.69) is 97.1 Å². The standard InChI is InChI=1S/C25H23P/c1-4-10-19(11-5-1)24-18-20-16-17-23(24)25(20)26(21-12-6-2-7-13-21)22-14-8-3-9-15-22/h1-15,18,20,23,25H,16-17H2/t20-,23+,25+/m0/s1. The molecule has 0 amide bonds. The van der Waals surface area contributed by atoms with Crippen molar-refractivity contribution in [2.24, 2.45) is 11.8 Å². The van der Waals surface area contributed by atoms with E-state index in [9.17, 15) is 0 Å². The highest BCUT2D eigenvalue weighted by molar-refractivity contribution is 7.73. The summed E-state index contributed by atoms with van der Waals surface area (Å²) in [5.41, 5.74) is 3.77. The molecule has 5 rings (SSSR count). The van der Waals surface area contributed by atoms with Crippen LogP contribution in [0.15, 0.2) is 97.1 Å². The minimum absolute atomic E-state index is 0.337. The maximum absolute atomic E-state index is 2.61. The van der Waals surface area contributed by atoms with Gasteiger partial charge in [-0.2, -0.15) is 0 Å². The largest absolute Gasteiger partial charge is 0.0766 e. The second kappa shape index (κ2) is 6.86. The molecule has 0 aromatic heterocycles. The lowest BCUT2D eigenvalue weighted by atomic mass is 9.92. The first-order valence-corrected chi connectivity index (χ1v) is 11.0. The Morgan fingerprint density at radius 1 is 0.615 bits per heavy atom. The van der Waals surface area contributed by atoms with Gasteiger partial charge in [0.25, 0.3) is 0 Å². The summed E-state index contributed by atoms with van der Waals surface area (Å²) >= 11 is 0. The molecule has 1 fully saturated rings. The van der Waals surface area contributed by atoms with Gasteiger partial charge in [-0.3, -0.25) is 0 Å². The summed E-state index contributed by atoms with van der Waals surface area (Å²) in [7, 11) is -0.337. The van der Waals surface area contributed by atoms with Crippen LogP contribution in [0.3, 0.4) is 0 Å². The minimum atomic E-state index is -0.337. The van der Waals surface area contributed by atoms with Crippen molar-refractivity contribution in [1.82, 2.24) is 0 Å². The first-order valence-electron chi connectivity index (χ1n) is 9.58. The third-order valence-electron chi connectivity index (χ3n) is 5.93. The Hall–Kier alpha value is -2.17. The molecule has 3 aromatic carbocycles. The highest BCUT2D eigenvalue weighted by Crippen LogP contribution is 2.60. The second-order valence-electron chi connectivity index (χ2n) is 7.37. The van der Waals surface area contributed by atoms with E-state index in [1.165, 1.54) is 29.0 Å². The van der Waals surface area contributed by atoms with E-state index in [-0.39, 0.29) is 7.92 Å². The Kier molecular flexibility index (Phi) is 4.23. The van der Waals surface area contributed by atoms with Gasteiger partial charge in [-0.15, -0.1) is 0 Å². The summed E-state index contributed by atoms with van der Waals surface area (Å²) in [4.78, 5) is 0. The minimum Gasteiger partial charge on any atom is -0.0766 e. The van der Waals surface area contributed by atoms with Gasteiger partial charge < -0.3 is 0 Å². The normalized spacial score (nSPS) is 24.0. The number of allylic oxidation sites excluding steroid dienone is 2. The van der Waals surface area contributed by atoms with Gasteiger partial charge in [0.15, 0.2) is 0 Å². The second-order valence-corrected chi connectivity index (χ2v) is 9.74. The summed E-state index contributed by atoms with van der Waals surface area (Å²) in [5, 5.41) is 3.05. The maximum Gasteiger partial charge on any atom is 0.000324 e. The monoisotopic (exact) mass is 354 g/mol. The van der Waals surface area contributed by atoms with Crippen molar-refractivity contribution in [3.8, 4) is 0 Å². The van der Waals surface area contributed by atoms with Crippen molar-refractivity contribution in [2.45, 2.75) is 18.5 Å². The van der Waals surface area contributed by atoms with Crippen LogP contribution in [0.2, 0.25) is 0 Å². The smallest absolute Gasteiger partial charge is 0.000324 e. The fraction of sp³-hybridized carbons (Fsp3) is 0.200. The van der Waals surface area contributed by atoms with Crippen molar-refractivity contribution >= 4 is 24.1 Å². The summed E-state index contributed by atoms with van der Waals surface area (Å²) in [6.45, 7) is 0. The number of hydrogen-bond donors (Lipinski definition) is 0. The third kappa shape index (κ3) is 2.74. The Bertz CT molecular complexity index is 859. The number of rotatable bonds is 4. The van der Waals surface area contributed by atoms with E-state index in [1.807, 2.05) is 0 Å². The molecular formula is C25H23P. The molecule has 26 heavy (non-hydrogen) atoms. The van der Waals surface area contributed by atoms with Crippen LogP contribution in [0.4, 0.5) is 0 Å². The van der Waals surface area contributed by atoms with Gasteiger partial charge in [-0.1, -0.05) is 97.1 Å². The van der Waals surface area contributed by atoms with Gasteiger partial charge in [-0.25, -0.2) is 0 Å². The third-order valence-corrected chi connectivity index (χ3v) is 8.98. The van der Waals surface area contributed by atoms with Crippen LogP contribution in [0, 0.1) is 11.8 Å². The van der Waals surface area contributed by atoms with Crippen molar-refractivity contribution < 1.29 is 0 Å². The number of hydrogen-bond acceptors (Lipinski definition) is 0. The number of fused-ring (bicyclic) bond motifs is 2. The summed E-state index contributed by atoms with van der Waals surface area (Å²) in [6.07, 6.45) is 5.30. The molecule has 0 spiro atoms. The molecule has 0 aliphatic heterocycles. The van der Waals surface area contributed by atoms with Crippen LogP contribution < -0.4 is 10.6 Å². The van der Waals surface area contributed by atoms with E-state index in [0.717, 1.165) is 11.6 Å². The lowest BCUT2D eigenvalue weighted by Crippen LogP contribution is -2.26. The zero-order chi connectivity index (χ0) is 17.3. The van der Waals surface area contributed by atoms with Crippen molar-refractivity contribution in [3.63, 3.8) is 0 Å². The van der Waals surface area contributed by atoms with Gasteiger partial charge in [0.2, 0.25) is 0 Å². The van der Waals surface area contributed by atoms with E-state index in [0.29, 0.717) is 5.92 Å². The predicted octanol–water partition coefficient (Wildman–Crippen LogP) is 5.61. The molecule has 1 heteroatoms. The van der Waals surface area contributed by atoms with E-state index >= 15 is 0 Å². The quantitative estimate of drug-likeness (QED) is 0.534. The van der Waals surface area contributed by atoms with Crippen molar-refractivity contribution in [2.75, 3.05) is 0 Å². The SMILES string of the molecule is C1=C(c2ccccc2)[C@H]2CC[C@@H]1[C@H]2P(c1ccccc1)c1ccccc1. The summed E-state index contributed by atoms with van der Waals surface area (Å²) < 4.78 is 0. The van der Waals surface area contributed by atoms with Gasteiger partial charge in [0.1, 0.15) is 0 Å². The molecule has 2 bridgehead atoms. The molecule has 2 aliphatic carbocycles. The van der Waals surface area contributed by atoms with Gasteiger partial charge in [0.05, 0.1) is 0 Å². The average molecular weight is 354 g/mol. The predicted molar refractivity (Wildman–Crippen MR) is 113 cm³/mol. The Morgan fingerprint density at radius 3 is 1.73 bits per heavy atom. The highest BCUT2D eigenvalue weighted by atomic mass is 31.1. The molecule has 0 unspecified atom stereocenters. The molecule has 0 saturated heterocycles. The van der Waals surface area contributed by atoms with E-state index < -0.39 is 0 Å². The van der Waals surface area contributed by atoms with Gasteiger partial charge >= 0.3 is 0 Å². The van der Waals surface area contributed by atoms with Crippen LogP contribution in [0.25, 0.3) is 5.57 Å². The lowest BCUT2D eigenvalue weighted by Gasteiger charge is -2.30. The van der Waals surface area contributed by atoms with Crippen LogP contribution in [-0.2, 0) is 0 Å². The lowest BCUT2D eigenvalue weighted by molar-refractivity contribution is 0.706. The van der Waals surface area contributed by atoms with Crippen LogP contribution in [-0.4, -0.2) is 5.66 Å². The average Bonchev–Trinajstić information content (AvgIpc) is 3.29. The summed E-state index contributed by atoms with van der Waals surface area (Å²) in [5.74, 6) is 1.43. The molecule has 2 aliphatic rings. The van der Waals surface area contributed by atoms with Crippen molar-refractivity contribution in [3.05, 3.63) is 103 Å². The Morgan fingerprint density at radius 2 is 1.15 bits per heavy atom. The Balaban J connectivity index is 1.57. The fourth-order valence-electron chi connectivity index (χ4n) is 4.87.